The van der Waals surface area contributed by atoms with Gasteiger partial charge >= 0.3 is 0 Å². The molecule has 0 aliphatic heterocycles. The Morgan fingerprint density at radius 1 is 1.21 bits per heavy atom. The lowest BCUT2D eigenvalue weighted by Crippen LogP contribution is -2.27. The lowest BCUT2D eigenvalue weighted by Gasteiger charge is -2.23. The first-order chi connectivity index (χ1) is 9.13. The van der Waals surface area contributed by atoms with Gasteiger partial charge in [-0.1, -0.05) is 13.0 Å². The van der Waals surface area contributed by atoms with Gasteiger partial charge < -0.3 is 14.8 Å². The standard InChI is InChI=1S/C16H27NO2/c1-6-8-17-14(11-19-7-2)16-13(4)9-12(3)10-15(16)18-5/h9-10,14,17H,6-8,11H2,1-5H3. The number of aryl methyl sites for hydroxylation is 2. The smallest absolute Gasteiger partial charge is 0.124 e. The summed E-state index contributed by atoms with van der Waals surface area (Å²) in [5.41, 5.74) is 3.70. The monoisotopic (exact) mass is 265 g/mol. The Morgan fingerprint density at radius 3 is 2.53 bits per heavy atom. The Bertz CT molecular complexity index is 383. The molecule has 0 fully saturated rings. The van der Waals surface area contributed by atoms with E-state index in [9.17, 15) is 0 Å². The van der Waals surface area contributed by atoms with Crippen LogP contribution in [-0.4, -0.2) is 26.9 Å². The molecule has 0 aliphatic rings. The maximum atomic E-state index is 5.61. The van der Waals surface area contributed by atoms with Gasteiger partial charge in [0.15, 0.2) is 0 Å². The topological polar surface area (TPSA) is 30.5 Å². The van der Waals surface area contributed by atoms with Gasteiger partial charge in [0.25, 0.3) is 0 Å². The van der Waals surface area contributed by atoms with Crippen molar-refractivity contribution in [2.24, 2.45) is 0 Å². The van der Waals surface area contributed by atoms with Gasteiger partial charge in [0, 0.05) is 12.2 Å². The number of hydrogen-bond acceptors (Lipinski definition) is 3. The molecule has 0 spiro atoms. The molecule has 0 bridgehead atoms. The number of rotatable bonds is 8. The molecule has 0 aliphatic carbocycles. The first-order valence-corrected chi connectivity index (χ1v) is 7.10. The maximum absolute atomic E-state index is 5.61. The minimum atomic E-state index is 0.190. The van der Waals surface area contributed by atoms with Crippen LogP contribution in [0.25, 0.3) is 0 Å². The van der Waals surface area contributed by atoms with Crippen molar-refractivity contribution in [1.82, 2.24) is 5.32 Å². The maximum Gasteiger partial charge on any atom is 0.124 e. The van der Waals surface area contributed by atoms with Crippen LogP contribution in [0.2, 0.25) is 0 Å². The van der Waals surface area contributed by atoms with Crippen molar-refractivity contribution in [2.75, 3.05) is 26.9 Å². The Labute approximate surface area is 117 Å². The second-order valence-electron chi connectivity index (χ2n) is 4.86. The predicted octanol–water partition coefficient (Wildman–Crippen LogP) is 3.39. The van der Waals surface area contributed by atoms with Crippen LogP contribution in [0.1, 0.15) is 43.0 Å². The largest absolute Gasteiger partial charge is 0.496 e. The molecule has 3 heteroatoms. The van der Waals surface area contributed by atoms with Crippen LogP contribution in [0.4, 0.5) is 0 Å². The van der Waals surface area contributed by atoms with Gasteiger partial charge in [-0.15, -0.1) is 0 Å². The van der Waals surface area contributed by atoms with E-state index in [1.165, 1.54) is 16.7 Å². The van der Waals surface area contributed by atoms with Gasteiger partial charge in [0.1, 0.15) is 5.75 Å². The van der Waals surface area contributed by atoms with Gasteiger partial charge in [-0.25, -0.2) is 0 Å². The average Bonchev–Trinajstić information content (AvgIpc) is 2.39. The highest BCUT2D eigenvalue weighted by Gasteiger charge is 2.18. The van der Waals surface area contributed by atoms with E-state index in [1.54, 1.807) is 7.11 Å². The molecule has 1 unspecified atom stereocenters. The Kier molecular flexibility index (Phi) is 6.89. The fraction of sp³-hybridized carbons (Fsp3) is 0.625. The number of nitrogens with one attached hydrogen (secondary N) is 1. The van der Waals surface area contributed by atoms with E-state index >= 15 is 0 Å². The van der Waals surface area contributed by atoms with Crippen LogP contribution >= 0.6 is 0 Å². The number of methoxy groups -OCH3 is 1. The van der Waals surface area contributed by atoms with Crippen molar-refractivity contribution in [3.8, 4) is 5.75 Å². The van der Waals surface area contributed by atoms with Gasteiger partial charge in [-0.05, 0) is 50.9 Å². The normalized spacial score (nSPS) is 12.5. The lowest BCUT2D eigenvalue weighted by atomic mass is 9.98. The molecular formula is C16H27NO2. The molecule has 1 atom stereocenters. The number of benzene rings is 1. The summed E-state index contributed by atoms with van der Waals surface area (Å²) in [5.74, 6) is 0.950. The SMILES string of the molecule is CCCNC(COCC)c1c(C)cc(C)cc1OC. The van der Waals surface area contributed by atoms with E-state index in [2.05, 4.69) is 38.2 Å². The molecule has 1 rings (SSSR count). The summed E-state index contributed by atoms with van der Waals surface area (Å²) in [5, 5.41) is 3.55. The zero-order chi connectivity index (χ0) is 14.3. The molecule has 0 radical (unpaired) electrons. The molecule has 0 saturated heterocycles. The third-order valence-corrected chi connectivity index (χ3v) is 3.19. The molecule has 1 N–H and O–H groups in total. The van der Waals surface area contributed by atoms with Gasteiger partial charge in [-0.3, -0.25) is 0 Å². The Morgan fingerprint density at radius 2 is 1.95 bits per heavy atom. The van der Waals surface area contributed by atoms with Gasteiger partial charge in [-0.2, -0.15) is 0 Å². The van der Waals surface area contributed by atoms with Crippen LogP contribution in [0, 0.1) is 13.8 Å². The molecule has 1 aromatic carbocycles. The van der Waals surface area contributed by atoms with E-state index in [0.29, 0.717) is 6.61 Å². The highest BCUT2D eigenvalue weighted by molar-refractivity contribution is 5.45. The Balaban J connectivity index is 3.04. The van der Waals surface area contributed by atoms with Crippen molar-refractivity contribution in [1.29, 1.82) is 0 Å². The third kappa shape index (κ3) is 4.51. The summed E-state index contributed by atoms with van der Waals surface area (Å²) in [7, 11) is 1.73. The second kappa shape index (κ2) is 8.18. The summed E-state index contributed by atoms with van der Waals surface area (Å²) >= 11 is 0. The number of hydrogen-bond donors (Lipinski definition) is 1. The van der Waals surface area contributed by atoms with E-state index in [4.69, 9.17) is 9.47 Å². The van der Waals surface area contributed by atoms with E-state index in [0.717, 1.165) is 25.3 Å². The zero-order valence-electron chi connectivity index (χ0n) is 12.9. The van der Waals surface area contributed by atoms with E-state index in [1.807, 2.05) is 6.92 Å². The van der Waals surface area contributed by atoms with Crippen molar-refractivity contribution in [3.05, 3.63) is 28.8 Å². The molecule has 3 nitrogen and oxygen atoms in total. The van der Waals surface area contributed by atoms with Crippen LogP contribution in [0.15, 0.2) is 12.1 Å². The first-order valence-electron chi connectivity index (χ1n) is 7.10. The van der Waals surface area contributed by atoms with Gasteiger partial charge in [0.2, 0.25) is 0 Å². The molecule has 1 aromatic rings. The number of ether oxygens (including phenoxy) is 2. The predicted molar refractivity (Wildman–Crippen MR) is 80.0 cm³/mol. The summed E-state index contributed by atoms with van der Waals surface area (Å²) < 4.78 is 11.2. The van der Waals surface area contributed by atoms with Crippen molar-refractivity contribution < 1.29 is 9.47 Å². The third-order valence-electron chi connectivity index (χ3n) is 3.19. The highest BCUT2D eigenvalue weighted by atomic mass is 16.5. The first kappa shape index (κ1) is 16.0. The quantitative estimate of drug-likeness (QED) is 0.781. The molecule has 0 heterocycles. The molecule has 0 amide bonds. The van der Waals surface area contributed by atoms with Gasteiger partial charge in [0.05, 0.1) is 19.8 Å². The highest BCUT2D eigenvalue weighted by Crippen LogP contribution is 2.30. The minimum absolute atomic E-state index is 0.190. The van der Waals surface area contributed by atoms with Crippen LogP contribution in [0.3, 0.4) is 0 Å². The molecular weight excluding hydrogens is 238 g/mol. The summed E-state index contributed by atoms with van der Waals surface area (Å²) in [6, 6.07) is 4.48. The Hall–Kier alpha value is -1.06. The zero-order valence-corrected chi connectivity index (χ0v) is 12.9. The van der Waals surface area contributed by atoms with E-state index in [-0.39, 0.29) is 6.04 Å². The van der Waals surface area contributed by atoms with E-state index < -0.39 is 0 Å². The second-order valence-corrected chi connectivity index (χ2v) is 4.86. The molecule has 0 saturated carbocycles. The molecule has 19 heavy (non-hydrogen) atoms. The van der Waals surface area contributed by atoms with Crippen molar-refractivity contribution >= 4 is 0 Å². The van der Waals surface area contributed by atoms with Crippen molar-refractivity contribution in [3.63, 3.8) is 0 Å². The van der Waals surface area contributed by atoms with Crippen LogP contribution in [-0.2, 0) is 4.74 Å². The molecule has 0 aromatic heterocycles. The summed E-state index contributed by atoms with van der Waals surface area (Å²) in [6.45, 7) is 10.8. The lowest BCUT2D eigenvalue weighted by molar-refractivity contribution is 0.122. The average molecular weight is 265 g/mol. The minimum Gasteiger partial charge on any atom is -0.496 e. The van der Waals surface area contributed by atoms with Crippen LogP contribution in [0.5, 0.6) is 5.75 Å². The summed E-state index contributed by atoms with van der Waals surface area (Å²) in [6.07, 6.45) is 1.11. The van der Waals surface area contributed by atoms with Crippen LogP contribution < -0.4 is 10.1 Å². The summed E-state index contributed by atoms with van der Waals surface area (Å²) in [4.78, 5) is 0. The van der Waals surface area contributed by atoms with Crippen molar-refractivity contribution in [2.45, 2.75) is 40.2 Å². The molecule has 108 valence electrons. The fourth-order valence-corrected chi connectivity index (χ4v) is 2.35. The fourth-order valence-electron chi connectivity index (χ4n) is 2.35.